The van der Waals surface area contributed by atoms with E-state index in [2.05, 4.69) is 4.98 Å². The molecule has 0 amide bonds. The van der Waals surface area contributed by atoms with Gasteiger partial charge in [0.1, 0.15) is 6.04 Å². The number of benzene rings is 1. The summed E-state index contributed by atoms with van der Waals surface area (Å²) >= 11 is 0. The highest BCUT2D eigenvalue weighted by molar-refractivity contribution is 5.83. The summed E-state index contributed by atoms with van der Waals surface area (Å²) in [5, 5.41) is 9.73. The summed E-state index contributed by atoms with van der Waals surface area (Å²) in [6.45, 7) is 0. The van der Waals surface area contributed by atoms with Gasteiger partial charge >= 0.3 is 5.97 Å². The summed E-state index contributed by atoms with van der Waals surface area (Å²) in [7, 11) is 0. The third-order valence-corrected chi connectivity index (χ3v) is 2.49. The number of aromatic nitrogens is 1. The molecular formula is C12H12N2O2. The topological polar surface area (TPSA) is 76.2 Å². The van der Waals surface area contributed by atoms with E-state index in [1.165, 1.54) is 0 Å². The van der Waals surface area contributed by atoms with Crippen LogP contribution < -0.4 is 5.73 Å². The first-order valence-electron chi connectivity index (χ1n) is 4.99. The molecule has 0 fully saturated rings. The van der Waals surface area contributed by atoms with Gasteiger partial charge in [-0.15, -0.1) is 0 Å². The highest BCUT2D eigenvalue weighted by Gasteiger charge is 2.13. The molecule has 1 aromatic carbocycles. The van der Waals surface area contributed by atoms with Crippen molar-refractivity contribution in [2.45, 2.75) is 12.5 Å². The average Bonchev–Trinajstić information content (AvgIpc) is 2.29. The van der Waals surface area contributed by atoms with Gasteiger partial charge in [0.25, 0.3) is 0 Å². The summed E-state index contributed by atoms with van der Waals surface area (Å²) in [6, 6.07) is 8.52. The molecule has 16 heavy (non-hydrogen) atoms. The lowest BCUT2D eigenvalue weighted by atomic mass is 10.0. The Morgan fingerprint density at radius 1 is 1.38 bits per heavy atom. The minimum atomic E-state index is -0.985. The van der Waals surface area contributed by atoms with Crippen molar-refractivity contribution in [3.8, 4) is 0 Å². The fraction of sp³-hybridized carbons (Fsp3) is 0.167. The van der Waals surface area contributed by atoms with Crippen LogP contribution in [0.5, 0.6) is 0 Å². The maximum absolute atomic E-state index is 10.7. The SMILES string of the molecule is N[C@H](Cc1cccc2ncccc12)C(=O)O. The van der Waals surface area contributed by atoms with Gasteiger partial charge in [0, 0.05) is 11.6 Å². The summed E-state index contributed by atoms with van der Waals surface area (Å²) in [5.41, 5.74) is 7.30. The number of fused-ring (bicyclic) bond motifs is 1. The molecule has 2 aromatic rings. The number of aliphatic carboxylic acids is 1. The molecule has 4 nitrogen and oxygen atoms in total. The van der Waals surface area contributed by atoms with E-state index < -0.39 is 12.0 Å². The molecule has 0 spiro atoms. The lowest BCUT2D eigenvalue weighted by molar-refractivity contribution is -0.138. The van der Waals surface area contributed by atoms with E-state index in [-0.39, 0.29) is 0 Å². The second-order valence-electron chi connectivity index (χ2n) is 3.64. The maximum Gasteiger partial charge on any atom is 0.320 e. The third kappa shape index (κ3) is 2.01. The zero-order valence-electron chi connectivity index (χ0n) is 8.63. The van der Waals surface area contributed by atoms with Crippen molar-refractivity contribution >= 4 is 16.9 Å². The number of nitrogens with zero attached hydrogens (tertiary/aromatic N) is 1. The smallest absolute Gasteiger partial charge is 0.320 e. The first kappa shape index (κ1) is 10.6. The van der Waals surface area contributed by atoms with Crippen molar-refractivity contribution in [2.75, 3.05) is 0 Å². The number of rotatable bonds is 3. The van der Waals surface area contributed by atoms with Crippen molar-refractivity contribution in [1.29, 1.82) is 0 Å². The second kappa shape index (κ2) is 4.28. The molecule has 0 unspecified atom stereocenters. The molecule has 1 atom stereocenters. The molecule has 0 bridgehead atoms. The summed E-state index contributed by atoms with van der Waals surface area (Å²) in [4.78, 5) is 14.9. The maximum atomic E-state index is 10.7. The van der Waals surface area contributed by atoms with Crippen LogP contribution in [0.2, 0.25) is 0 Å². The molecule has 0 saturated carbocycles. The van der Waals surface area contributed by atoms with Crippen LogP contribution in [-0.4, -0.2) is 22.1 Å². The monoisotopic (exact) mass is 216 g/mol. The molecule has 2 rings (SSSR count). The lowest BCUT2D eigenvalue weighted by Crippen LogP contribution is -2.32. The summed E-state index contributed by atoms with van der Waals surface area (Å²) in [5.74, 6) is -0.985. The number of carbonyl (C=O) groups is 1. The number of carboxylic acid groups (broad SMARTS) is 1. The van der Waals surface area contributed by atoms with Crippen LogP contribution in [0.25, 0.3) is 10.9 Å². The van der Waals surface area contributed by atoms with Crippen LogP contribution in [0.1, 0.15) is 5.56 Å². The Balaban J connectivity index is 2.41. The number of hydrogen-bond donors (Lipinski definition) is 2. The van der Waals surface area contributed by atoms with Crippen LogP contribution in [0.4, 0.5) is 0 Å². The van der Waals surface area contributed by atoms with Crippen LogP contribution in [0.3, 0.4) is 0 Å². The van der Waals surface area contributed by atoms with E-state index in [0.717, 1.165) is 16.5 Å². The van der Waals surface area contributed by atoms with Crippen LogP contribution >= 0.6 is 0 Å². The van der Waals surface area contributed by atoms with E-state index in [9.17, 15) is 4.79 Å². The molecular weight excluding hydrogens is 204 g/mol. The molecule has 0 aliphatic heterocycles. The van der Waals surface area contributed by atoms with Gasteiger partial charge in [0.05, 0.1) is 5.52 Å². The van der Waals surface area contributed by atoms with Crippen molar-refractivity contribution in [1.82, 2.24) is 4.98 Å². The molecule has 1 aromatic heterocycles. The van der Waals surface area contributed by atoms with Gasteiger partial charge in [-0.25, -0.2) is 0 Å². The standard InChI is InChI=1S/C12H12N2O2/c13-10(12(15)16)7-8-3-1-5-11-9(8)4-2-6-14-11/h1-6,10H,7,13H2,(H,15,16)/t10-/m1/s1. The Labute approximate surface area is 92.7 Å². The minimum absolute atomic E-state index is 0.318. The molecule has 0 aliphatic carbocycles. The first-order valence-corrected chi connectivity index (χ1v) is 4.99. The Morgan fingerprint density at radius 3 is 2.94 bits per heavy atom. The largest absolute Gasteiger partial charge is 0.480 e. The highest BCUT2D eigenvalue weighted by atomic mass is 16.4. The van der Waals surface area contributed by atoms with Gasteiger partial charge in [-0.05, 0) is 24.1 Å². The Morgan fingerprint density at radius 2 is 2.19 bits per heavy atom. The molecule has 4 heteroatoms. The summed E-state index contributed by atoms with van der Waals surface area (Å²) < 4.78 is 0. The average molecular weight is 216 g/mol. The number of pyridine rings is 1. The van der Waals surface area contributed by atoms with Crippen LogP contribution in [0.15, 0.2) is 36.5 Å². The quantitative estimate of drug-likeness (QED) is 0.808. The molecule has 0 radical (unpaired) electrons. The minimum Gasteiger partial charge on any atom is -0.480 e. The second-order valence-corrected chi connectivity index (χ2v) is 3.64. The van der Waals surface area contributed by atoms with Gasteiger partial charge in [-0.2, -0.15) is 0 Å². The van der Waals surface area contributed by atoms with E-state index in [1.54, 1.807) is 6.20 Å². The fourth-order valence-corrected chi connectivity index (χ4v) is 1.67. The first-order chi connectivity index (χ1) is 7.68. The molecule has 0 saturated heterocycles. The Kier molecular flexibility index (Phi) is 2.83. The van der Waals surface area contributed by atoms with Gasteiger partial charge < -0.3 is 10.8 Å². The zero-order chi connectivity index (χ0) is 11.5. The Bertz CT molecular complexity index is 520. The highest BCUT2D eigenvalue weighted by Crippen LogP contribution is 2.17. The van der Waals surface area contributed by atoms with Gasteiger partial charge in [0.15, 0.2) is 0 Å². The van der Waals surface area contributed by atoms with Crippen LogP contribution in [0, 0.1) is 0 Å². The van der Waals surface area contributed by atoms with Crippen molar-refractivity contribution in [2.24, 2.45) is 5.73 Å². The predicted molar refractivity (Wildman–Crippen MR) is 61.1 cm³/mol. The van der Waals surface area contributed by atoms with Crippen molar-refractivity contribution < 1.29 is 9.90 Å². The van der Waals surface area contributed by atoms with E-state index >= 15 is 0 Å². The van der Waals surface area contributed by atoms with Gasteiger partial charge in [0.2, 0.25) is 0 Å². The molecule has 3 N–H and O–H groups in total. The summed E-state index contributed by atoms with van der Waals surface area (Å²) in [6.07, 6.45) is 2.03. The number of carboxylic acids is 1. The van der Waals surface area contributed by atoms with Crippen molar-refractivity contribution in [3.05, 3.63) is 42.1 Å². The molecule has 1 heterocycles. The number of nitrogens with two attached hydrogens (primary N) is 1. The third-order valence-electron chi connectivity index (χ3n) is 2.49. The van der Waals surface area contributed by atoms with E-state index in [0.29, 0.717) is 6.42 Å². The normalized spacial score (nSPS) is 12.6. The zero-order valence-corrected chi connectivity index (χ0v) is 8.63. The van der Waals surface area contributed by atoms with Gasteiger partial charge in [-0.1, -0.05) is 18.2 Å². The number of hydrogen-bond acceptors (Lipinski definition) is 3. The van der Waals surface area contributed by atoms with Gasteiger partial charge in [-0.3, -0.25) is 9.78 Å². The van der Waals surface area contributed by atoms with Crippen molar-refractivity contribution in [3.63, 3.8) is 0 Å². The fourth-order valence-electron chi connectivity index (χ4n) is 1.67. The van der Waals surface area contributed by atoms with Crippen LogP contribution in [-0.2, 0) is 11.2 Å². The van der Waals surface area contributed by atoms with E-state index in [4.69, 9.17) is 10.8 Å². The lowest BCUT2D eigenvalue weighted by Gasteiger charge is -2.08. The van der Waals surface area contributed by atoms with E-state index in [1.807, 2.05) is 30.3 Å². The molecule has 0 aliphatic rings. The predicted octanol–water partition coefficient (Wildman–Crippen LogP) is 1.19. The molecule has 82 valence electrons. The Hall–Kier alpha value is -1.94.